The molecule has 0 spiro atoms. The lowest BCUT2D eigenvalue weighted by Gasteiger charge is -2.34. The number of carbonyl (C=O) groups excluding carboxylic acids is 1. The molecule has 3 rings (SSSR count). The predicted molar refractivity (Wildman–Crippen MR) is 107 cm³/mol. The minimum Gasteiger partial charge on any atom is -0.423 e. The van der Waals surface area contributed by atoms with Gasteiger partial charge in [0.25, 0.3) is 0 Å². The molecule has 138 valence electrons. The SMILES string of the molecule is CCCC1CCC(c2ccc(C(=O)Oc3ccc(C)cc3)cc2)CC1C. The summed E-state index contributed by atoms with van der Waals surface area (Å²) in [5.74, 6) is 2.60. The van der Waals surface area contributed by atoms with Crippen LogP contribution in [0.4, 0.5) is 0 Å². The van der Waals surface area contributed by atoms with Crippen molar-refractivity contribution < 1.29 is 9.53 Å². The van der Waals surface area contributed by atoms with E-state index in [1.54, 1.807) is 0 Å². The molecule has 2 aromatic rings. The molecular weight excluding hydrogens is 320 g/mol. The fraction of sp³-hybridized carbons (Fsp3) is 0.458. The van der Waals surface area contributed by atoms with Crippen molar-refractivity contribution in [2.75, 3.05) is 0 Å². The summed E-state index contributed by atoms with van der Waals surface area (Å²) in [4.78, 5) is 12.3. The first-order valence-electron chi connectivity index (χ1n) is 9.95. The van der Waals surface area contributed by atoms with Crippen LogP contribution >= 0.6 is 0 Å². The Hall–Kier alpha value is -2.09. The molecule has 3 atom stereocenters. The zero-order valence-electron chi connectivity index (χ0n) is 16.2. The van der Waals surface area contributed by atoms with Crippen LogP contribution < -0.4 is 4.74 Å². The van der Waals surface area contributed by atoms with Gasteiger partial charge in [-0.05, 0) is 73.8 Å². The summed E-state index contributed by atoms with van der Waals surface area (Å²) >= 11 is 0. The highest BCUT2D eigenvalue weighted by Gasteiger charge is 2.27. The van der Waals surface area contributed by atoms with E-state index in [9.17, 15) is 4.79 Å². The van der Waals surface area contributed by atoms with Crippen molar-refractivity contribution in [3.63, 3.8) is 0 Å². The average Bonchev–Trinajstić information content (AvgIpc) is 2.65. The highest BCUT2D eigenvalue weighted by molar-refractivity contribution is 5.91. The maximum Gasteiger partial charge on any atom is 0.343 e. The zero-order chi connectivity index (χ0) is 18.5. The maximum atomic E-state index is 12.3. The van der Waals surface area contributed by atoms with Gasteiger partial charge in [0.05, 0.1) is 5.56 Å². The van der Waals surface area contributed by atoms with Crippen LogP contribution in [0.25, 0.3) is 0 Å². The Kier molecular flexibility index (Phi) is 6.13. The van der Waals surface area contributed by atoms with Gasteiger partial charge in [-0.25, -0.2) is 4.79 Å². The van der Waals surface area contributed by atoms with Crippen molar-refractivity contribution in [3.8, 4) is 5.75 Å². The molecule has 1 aliphatic rings. The third kappa shape index (κ3) is 4.55. The van der Waals surface area contributed by atoms with Crippen LogP contribution in [0.2, 0.25) is 0 Å². The van der Waals surface area contributed by atoms with Crippen molar-refractivity contribution in [3.05, 3.63) is 65.2 Å². The Morgan fingerprint density at radius 3 is 2.35 bits per heavy atom. The number of carbonyl (C=O) groups is 1. The molecule has 3 unspecified atom stereocenters. The monoisotopic (exact) mass is 350 g/mol. The van der Waals surface area contributed by atoms with Crippen molar-refractivity contribution in [2.45, 2.75) is 58.8 Å². The van der Waals surface area contributed by atoms with Crippen LogP contribution in [0.5, 0.6) is 5.75 Å². The van der Waals surface area contributed by atoms with Crippen molar-refractivity contribution in [2.24, 2.45) is 11.8 Å². The van der Waals surface area contributed by atoms with Crippen molar-refractivity contribution in [1.82, 2.24) is 0 Å². The molecule has 1 aliphatic carbocycles. The number of rotatable bonds is 5. The Bertz CT molecular complexity index is 715. The second-order valence-corrected chi connectivity index (χ2v) is 7.86. The molecule has 0 aliphatic heterocycles. The van der Waals surface area contributed by atoms with Gasteiger partial charge < -0.3 is 4.74 Å². The van der Waals surface area contributed by atoms with Gasteiger partial charge in [-0.15, -0.1) is 0 Å². The van der Waals surface area contributed by atoms with Gasteiger partial charge in [0.15, 0.2) is 0 Å². The molecule has 0 N–H and O–H groups in total. The van der Waals surface area contributed by atoms with Crippen LogP contribution in [-0.2, 0) is 0 Å². The topological polar surface area (TPSA) is 26.3 Å². The lowest BCUT2D eigenvalue weighted by molar-refractivity contribution is 0.0734. The van der Waals surface area contributed by atoms with Gasteiger partial charge in [-0.2, -0.15) is 0 Å². The van der Waals surface area contributed by atoms with Gasteiger partial charge in [-0.1, -0.05) is 56.5 Å². The Morgan fingerprint density at radius 1 is 1.04 bits per heavy atom. The maximum absolute atomic E-state index is 12.3. The van der Waals surface area contributed by atoms with Gasteiger partial charge >= 0.3 is 5.97 Å². The number of esters is 1. The molecule has 1 fully saturated rings. The first kappa shape index (κ1) is 18.7. The normalized spacial score (nSPS) is 22.8. The van der Waals surface area contributed by atoms with Crippen LogP contribution in [0.3, 0.4) is 0 Å². The molecular formula is C24H30O2. The molecule has 0 heterocycles. The van der Waals surface area contributed by atoms with Crippen LogP contribution in [0.1, 0.15) is 73.4 Å². The molecule has 2 heteroatoms. The first-order valence-corrected chi connectivity index (χ1v) is 9.95. The van der Waals surface area contributed by atoms with E-state index in [4.69, 9.17) is 4.74 Å². The Labute approximate surface area is 157 Å². The van der Waals surface area contributed by atoms with E-state index in [-0.39, 0.29) is 5.97 Å². The van der Waals surface area contributed by atoms with E-state index in [1.807, 2.05) is 43.3 Å². The van der Waals surface area contributed by atoms with E-state index >= 15 is 0 Å². The lowest BCUT2D eigenvalue weighted by atomic mass is 9.71. The van der Waals surface area contributed by atoms with Gasteiger partial charge in [-0.3, -0.25) is 0 Å². The van der Waals surface area contributed by atoms with Crippen LogP contribution in [0.15, 0.2) is 48.5 Å². The molecule has 26 heavy (non-hydrogen) atoms. The largest absolute Gasteiger partial charge is 0.423 e. The first-order chi connectivity index (χ1) is 12.6. The molecule has 0 aromatic heterocycles. The fourth-order valence-corrected chi connectivity index (χ4v) is 4.22. The molecule has 2 nitrogen and oxygen atoms in total. The highest BCUT2D eigenvalue weighted by Crippen LogP contribution is 2.41. The number of hydrogen-bond donors (Lipinski definition) is 0. The summed E-state index contributed by atoms with van der Waals surface area (Å²) in [6.07, 6.45) is 6.51. The number of benzene rings is 2. The fourth-order valence-electron chi connectivity index (χ4n) is 4.22. The minimum atomic E-state index is -0.291. The van der Waals surface area contributed by atoms with Gasteiger partial charge in [0.1, 0.15) is 5.75 Å². The summed E-state index contributed by atoms with van der Waals surface area (Å²) in [7, 11) is 0. The van der Waals surface area contributed by atoms with E-state index in [0.717, 1.165) is 17.4 Å². The number of aryl methyl sites for hydroxylation is 1. The number of hydrogen-bond acceptors (Lipinski definition) is 2. The summed E-state index contributed by atoms with van der Waals surface area (Å²) in [6.45, 7) is 6.70. The van der Waals surface area contributed by atoms with E-state index in [1.165, 1.54) is 37.7 Å². The second-order valence-electron chi connectivity index (χ2n) is 7.86. The van der Waals surface area contributed by atoms with Gasteiger partial charge in [0.2, 0.25) is 0 Å². The molecule has 2 aromatic carbocycles. The van der Waals surface area contributed by atoms with E-state index in [0.29, 0.717) is 17.2 Å². The van der Waals surface area contributed by atoms with Crippen molar-refractivity contribution >= 4 is 5.97 Å². The second kappa shape index (κ2) is 8.53. The number of ether oxygens (including phenoxy) is 1. The standard InChI is InChI=1S/C24H30O2/c1-4-5-19-8-13-22(16-18(19)3)20-9-11-21(12-10-20)24(25)26-23-14-6-17(2)7-15-23/h6-7,9-12,14-15,18-19,22H,4-5,8,13,16H2,1-3H3. The molecule has 1 saturated carbocycles. The Morgan fingerprint density at radius 2 is 1.73 bits per heavy atom. The smallest absolute Gasteiger partial charge is 0.343 e. The zero-order valence-corrected chi connectivity index (χ0v) is 16.2. The molecule has 0 radical (unpaired) electrons. The van der Waals surface area contributed by atoms with E-state index < -0.39 is 0 Å². The third-order valence-electron chi connectivity index (χ3n) is 5.86. The summed E-state index contributed by atoms with van der Waals surface area (Å²) < 4.78 is 5.46. The van der Waals surface area contributed by atoms with Gasteiger partial charge in [0, 0.05) is 0 Å². The molecule has 0 amide bonds. The highest BCUT2D eigenvalue weighted by atomic mass is 16.5. The molecule has 0 saturated heterocycles. The average molecular weight is 351 g/mol. The molecule has 0 bridgehead atoms. The van der Waals surface area contributed by atoms with E-state index in [2.05, 4.69) is 26.0 Å². The van der Waals surface area contributed by atoms with Crippen molar-refractivity contribution in [1.29, 1.82) is 0 Å². The quantitative estimate of drug-likeness (QED) is 0.452. The van der Waals surface area contributed by atoms with Crippen LogP contribution in [0, 0.1) is 18.8 Å². The summed E-state index contributed by atoms with van der Waals surface area (Å²) in [6, 6.07) is 15.6. The lowest BCUT2D eigenvalue weighted by Crippen LogP contribution is -2.21. The third-order valence-corrected chi connectivity index (χ3v) is 5.86. The van der Waals surface area contributed by atoms with Crippen LogP contribution in [-0.4, -0.2) is 5.97 Å². The Balaban J connectivity index is 1.61. The summed E-state index contributed by atoms with van der Waals surface area (Å²) in [5.41, 5.74) is 3.12. The minimum absolute atomic E-state index is 0.291. The predicted octanol–water partition coefficient (Wildman–Crippen LogP) is 6.53. The summed E-state index contributed by atoms with van der Waals surface area (Å²) in [5, 5.41) is 0.